The minimum Gasteiger partial charge on any atom is -0.476 e. The molecule has 3 aromatic rings. The minimum atomic E-state index is -1.15. The zero-order chi connectivity index (χ0) is 23.8. The summed E-state index contributed by atoms with van der Waals surface area (Å²) in [5.41, 5.74) is 4.38. The number of carboxylic acids is 1. The Balaban J connectivity index is 1.14. The number of alkyl carbamates (subject to hydrolysis) is 1. The Kier molecular flexibility index (Phi) is 5.48. The van der Waals surface area contributed by atoms with Gasteiger partial charge in [-0.1, -0.05) is 53.7 Å². The molecule has 1 fully saturated rings. The molecule has 0 bridgehead atoms. The van der Waals surface area contributed by atoms with Crippen LogP contribution in [0, 0.1) is 0 Å². The van der Waals surface area contributed by atoms with Crippen LogP contribution in [0.5, 0.6) is 0 Å². The second-order valence-corrected chi connectivity index (χ2v) is 8.48. The quantitative estimate of drug-likeness (QED) is 0.577. The summed E-state index contributed by atoms with van der Waals surface area (Å²) in [6, 6.07) is 15.2. The maximum absolute atomic E-state index is 12.7. The highest BCUT2D eigenvalue weighted by molar-refractivity contribution is 5.86. The number of benzene rings is 2. The molecule has 5 rings (SSSR count). The zero-order valence-electron chi connectivity index (χ0n) is 18.4. The Hall–Kier alpha value is -4.21. The molecule has 2 aliphatic rings. The van der Waals surface area contributed by atoms with Gasteiger partial charge in [0, 0.05) is 19.0 Å². The van der Waals surface area contributed by atoms with Crippen molar-refractivity contribution >= 4 is 18.0 Å². The van der Waals surface area contributed by atoms with E-state index in [0.29, 0.717) is 13.1 Å². The van der Waals surface area contributed by atoms with E-state index in [0.717, 1.165) is 22.3 Å². The van der Waals surface area contributed by atoms with Gasteiger partial charge in [0.2, 0.25) is 5.91 Å². The number of hydrogen-bond acceptors (Lipinski definition) is 6. The molecular weight excluding hydrogens is 438 g/mol. The lowest BCUT2D eigenvalue weighted by molar-refractivity contribution is -0.139. The van der Waals surface area contributed by atoms with Crippen molar-refractivity contribution in [2.75, 3.05) is 19.7 Å². The molecule has 0 radical (unpaired) electrons. The molecule has 1 unspecified atom stereocenters. The van der Waals surface area contributed by atoms with E-state index in [-0.39, 0.29) is 30.2 Å². The summed E-state index contributed by atoms with van der Waals surface area (Å²) in [4.78, 5) is 37.6. The van der Waals surface area contributed by atoms with Gasteiger partial charge < -0.3 is 20.1 Å². The first kappa shape index (κ1) is 21.6. The van der Waals surface area contributed by atoms with Gasteiger partial charge in [0.05, 0.1) is 12.2 Å². The second kappa shape index (κ2) is 8.62. The van der Waals surface area contributed by atoms with Crippen molar-refractivity contribution in [3.05, 3.63) is 71.5 Å². The van der Waals surface area contributed by atoms with Crippen LogP contribution >= 0.6 is 0 Å². The van der Waals surface area contributed by atoms with Gasteiger partial charge in [0.15, 0.2) is 5.69 Å². The highest BCUT2D eigenvalue weighted by atomic mass is 16.5. The fourth-order valence-electron chi connectivity index (χ4n) is 4.51. The second-order valence-electron chi connectivity index (χ2n) is 8.48. The van der Waals surface area contributed by atoms with Crippen molar-refractivity contribution in [2.45, 2.75) is 24.9 Å². The van der Waals surface area contributed by atoms with E-state index in [1.54, 1.807) is 11.8 Å². The lowest BCUT2D eigenvalue weighted by Crippen LogP contribution is -2.56. The Labute approximate surface area is 195 Å². The Morgan fingerprint density at radius 1 is 1.09 bits per heavy atom. The molecule has 2 N–H and O–H groups in total. The molecule has 0 spiro atoms. The van der Waals surface area contributed by atoms with Crippen LogP contribution in [-0.4, -0.2) is 68.7 Å². The molecule has 10 nitrogen and oxygen atoms in total. The average molecular weight is 461 g/mol. The smallest absolute Gasteiger partial charge is 0.407 e. The van der Waals surface area contributed by atoms with E-state index >= 15 is 0 Å². The third-order valence-corrected chi connectivity index (χ3v) is 6.33. The summed E-state index contributed by atoms with van der Waals surface area (Å²) in [6.07, 6.45) is 0.690. The van der Waals surface area contributed by atoms with Crippen LogP contribution in [0.1, 0.15) is 40.5 Å². The predicted molar refractivity (Wildman–Crippen MR) is 120 cm³/mol. The Morgan fingerprint density at radius 3 is 2.29 bits per heavy atom. The van der Waals surface area contributed by atoms with Gasteiger partial charge in [-0.15, -0.1) is 5.10 Å². The van der Waals surface area contributed by atoms with Gasteiger partial charge in [-0.05, 0) is 29.2 Å². The third kappa shape index (κ3) is 3.87. The van der Waals surface area contributed by atoms with Gasteiger partial charge in [0.1, 0.15) is 12.6 Å². The van der Waals surface area contributed by atoms with E-state index in [4.69, 9.17) is 9.84 Å². The first-order chi connectivity index (χ1) is 16.4. The summed E-state index contributed by atoms with van der Waals surface area (Å²) in [5, 5.41) is 18.9. The first-order valence-electron chi connectivity index (χ1n) is 11.0. The van der Waals surface area contributed by atoms with Crippen LogP contribution in [-0.2, 0) is 9.53 Å². The molecule has 174 valence electrons. The number of ether oxygens (including phenoxy) is 1. The van der Waals surface area contributed by atoms with Crippen molar-refractivity contribution < 1.29 is 24.2 Å². The number of nitrogens with zero attached hydrogens (tertiary/aromatic N) is 4. The van der Waals surface area contributed by atoms with Crippen LogP contribution < -0.4 is 5.32 Å². The zero-order valence-corrected chi connectivity index (χ0v) is 18.4. The lowest BCUT2D eigenvalue weighted by Gasteiger charge is -2.40. The first-order valence-corrected chi connectivity index (χ1v) is 11.0. The van der Waals surface area contributed by atoms with E-state index in [1.165, 1.54) is 10.9 Å². The molecule has 2 heterocycles. The standard InChI is InChI=1S/C24H23N5O5/c1-14(22(30)28-10-15(11-28)29-12-21(23(31)32)26-27-29)25-24(33)34-13-20-18-8-4-2-6-16(18)17-7-3-5-9-19(17)20/h2-9,12,14-15,20H,10-11,13H2,1H3,(H,25,33)(H,31,32). The average Bonchev–Trinajstić information content (AvgIpc) is 3.40. The summed E-state index contributed by atoms with van der Waals surface area (Å²) < 4.78 is 6.95. The molecule has 34 heavy (non-hydrogen) atoms. The number of rotatable bonds is 6. The van der Waals surface area contributed by atoms with Crippen molar-refractivity contribution in [2.24, 2.45) is 0 Å². The van der Waals surface area contributed by atoms with Crippen molar-refractivity contribution in [1.82, 2.24) is 25.2 Å². The van der Waals surface area contributed by atoms with Crippen LogP contribution in [0.4, 0.5) is 4.79 Å². The van der Waals surface area contributed by atoms with Crippen molar-refractivity contribution in [3.8, 4) is 11.1 Å². The summed E-state index contributed by atoms with van der Waals surface area (Å²) in [6.45, 7) is 2.50. The van der Waals surface area contributed by atoms with Gasteiger partial charge >= 0.3 is 12.1 Å². The topological polar surface area (TPSA) is 127 Å². The van der Waals surface area contributed by atoms with E-state index in [9.17, 15) is 14.4 Å². The molecule has 2 aromatic carbocycles. The number of amides is 2. The largest absolute Gasteiger partial charge is 0.476 e. The van der Waals surface area contributed by atoms with Gasteiger partial charge in [-0.25, -0.2) is 14.3 Å². The number of likely N-dealkylation sites (tertiary alicyclic amines) is 1. The Bertz CT molecular complexity index is 1220. The van der Waals surface area contributed by atoms with Crippen LogP contribution in [0.2, 0.25) is 0 Å². The van der Waals surface area contributed by atoms with Gasteiger partial charge in [-0.3, -0.25) is 4.79 Å². The number of fused-ring (bicyclic) bond motifs is 3. The van der Waals surface area contributed by atoms with Crippen LogP contribution in [0.3, 0.4) is 0 Å². The lowest BCUT2D eigenvalue weighted by atomic mass is 9.98. The molecule has 2 amide bonds. The number of nitrogens with one attached hydrogen (secondary N) is 1. The number of carbonyl (C=O) groups excluding carboxylic acids is 2. The highest BCUT2D eigenvalue weighted by Crippen LogP contribution is 2.44. The number of carbonyl (C=O) groups is 3. The van der Waals surface area contributed by atoms with Crippen molar-refractivity contribution in [1.29, 1.82) is 0 Å². The SMILES string of the molecule is CC(NC(=O)OCC1c2ccccc2-c2ccccc21)C(=O)N1CC(n2cc(C(=O)O)nn2)C1. The maximum atomic E-state index is 12.7. The van der Waals surface area contributed by atoms with E-state index in [1.807, 2.05) is 36.4 Å². The molecule has 10 heteroatoms. The van der Waals surface area contributed by atoms with Gasteiger partial charge in [-0.2, -0.15) is 0 Å². The van der Waals surface area contributed by atoms with E-state index < -0.39 is 18.1 Å². The number of aromatic carboxylic acids is 1. The summed E-state index contributed by atoms with van der Waals surface area (Å²) in [7, 11) is 0. The molecule has 1 aromatic heterocycles. The minimum absolute atomic E-state index is 0.0568. The monoisotopic (exact) mass is 461 g/mol. The molecule has 1 saturated heterocycles. The molecule has 1 atom stereocenters. The fourth-order valence-corrected chi connectivity index (χ4v) is 4.51. The number of aromatic nitrogens is 3. The predicted octanol–water partition coefficient (Wildman–Crippen LogP) is 2.29. The summed E-state index contributed by atoms with van der Waals surface area (Å²) in [5.74, 6) is -1.46. The Morgan fingerprint density at radius 2 is 1.71 bits per heavy atom. The van der Waals surface area contributed by atoms with Gasteiger partial charge in [0.25, 0.3) is 0 Å². The summed E-state index contributed by atoms with van der Waals surface area (Å²) >= 11 is 0. The molecular formula is C24H23N5O5. The fraction of sp³-hybridized carbons (Fsp3) is 0.292. The van der Waals surface area contributed by atoms with E-state index in [2.05, 4.69) is 27.8 Å². The molecule has 1 aliphatic heterocycles. The van der Waals surface area contributed by atoms with Crippen LogP contribution in [0.15, 0.2) is 54.7 Å². The molecule has 1 aliphatic carbocycles. The third-order valence-electron chi connectivity index (χ3n) is 6.33. The van der Waals surface area contributed by atoms with Crippen LogP contribution in [0.25, 0.3) is 11.1 Å². The number of hydrogen-bond donors (Lipinski definition) is 2. The number of carboxylic acid groups (broad SMARTS) is 1. The van der Waals surface area contributed by atoms with Crippen molar-refractivity contribution in [3.63, 3.8) is 0 Å². The maximum Gasteiger partial charge on any atom is 0.407 e. The highest BCUT2D eigenvalue weighted by Gasteiger charge is 2.36. The molecule has 0 saturated carbocycles. The normalized spacial score (nSPS) is 15.7.